The van der Waals surface area contributed by atoms with Gasteiger partial charge in [0.15, 0.2) is 11.6 Å². The predicted octanol–water partition coefficient (Wildman–Crippen LogP) is 3.97. The first-order valence-electron chi connectivity index (χ1n) is 7.04. The van der Waals surface area contributed by atoms with E-state index in [9.17, 15) is 9.59 Å². The van der Waals surface area contributed by atoms with Crippen LogP contribution in [0.5, 0.6) is 0 Å². The summed E-state index contributed by atoms with van der Waals surface area (Å²) in [5, 5.41) is 0. The average molecular weight is 276 g/mol. The number of hydrogen-bond acceptors (Lipinski definition) is 2. The van der Waals surface area contributed by atoms with E-state index >= 15 is 0 Å². The van der Waals surface area contributed by atoms with E-state index in [1.807, 2.05) is 19.1 Å². The number of fused-ring (bicyclic) bond motifs is 2. The summed E-state index contributed by atoms with van der Waals surface area (Å²) in [6.45, 7) is 5.87. The van der Waals surface area contributed by atoms with Crippen LogP contribution in [-0.4, -0.2) is 11.6 Å². The zero-order valence-corrected chi connectivity index (χ0v) is 12.0. The molecule has 21 heavy (non-hydrogen) atoms. The molecule has 104 valence electrons. The summed E-state index contributed by atoms with van der Waals surface area (Å²) >= 11 is 0. The van der Waals surface area contributed by atoms with Gasteiger partial charge >= 0.3 is 0 Å². The van der Waals surface area contributed by atoms with Crippen molar-refractivity contribution in [2.45, 2.75) is 19.8 Å². The minimum atomic E-state index is -0.0580. The van der Waals surface area contributed by atoms with E-state index in [0.717, 1.165) is 24.0 Å². The molecule has 2 nitrogen and oxygen atoms in total. The molecule has 0 saturated carbocycles. The Morgan fingerprint density at radius 2 is 1.52 bits per heavy atom. The van der Waals surface area contributed by atoms with Crippen molar-refractivity contribution in [1.82, 2.24) is 0 Å². The first-order chi connectivity index (χ1) is 10.1. The Morgan fingerprint density at radius 1 is 0.905 bits per heavy atom. The summed E-state index contributed by atoms with van der Waals surface area (Å²) in [6, 6.07) is 12.6. The Kier molecular flexibility index (Phi) is 3.30. The minimum absolute atomic E-state index is 0.0440. The molecular weight excluding hydrogens is 260 g/mol. The van der Waals surface area contributed by atoms with Crippen LogP contribution in [0.25, 0.3) is 0 Å². The lowest BCUT2D eigenvalue weighted by Crippen LogP contribution is -2.22. The molecule has 1 aliphatic carbocycles. The van der Waals surface area contributed by atoms with Gasteiger partial charge in [-0.1, -0.05) is 48.0 Å². The maximum Gasteiger partial charge on any atom is 0.194 e. The summed E-state index contributed by atoms with van der Waals surface area (Å²) in [5.74, 6) is -0.102. The van der Waals surface area contributed by atoms with Crippen molar-refractivity contribution in [3.63, 3.8) is 0 Å². The van der Waals surface area contributed by atoms with E-state index in [0.29, 0.717) is 22.3 Å². The van der Waals surface area contributed by atoms with E-state index in [-0.39, 0.29) is 11.6 Å². The molecule has 0 bridgehead atoms. The fourth-order valence-electron chi connectivity index (χ4n) is 2.77. The topological polar surface area (TPSA) is 34.1 Å². The first-order valence-corrected chi connectivity index (χ1v) is 7.04. The second-order valence-corrected chi connectivity index (χ2v) is 5.50. The van der Waals surface area contributed by atoms with Gasteiger partial charge in [-0.2, -0.15) is 0 Å². The Balaban J connectivity index is 2.14. The van der Waals surface area contributed by atoms with Gasteiger partial charge in [0.2, 0.25) is 0 Å². The normalized spacial score (nSPS) is 12.8. The number of carbonyl (C=O) groups excluding carboxylic acids is 2. The van der Waals surface area contributed by atoms with Gasteiger partial charge in [-0.15, -0.1) is 6.58 Å². The number of ketones is 2. The second-order valence-electron chi connectivity index (χ2n) is 5.50. The quantitative estimate of drug-likeness (QED) is 0.678. The Labute approximate surface area is 124 Å². The highest BCUT2D eigenvalue weighted by Crippen LogP contribution is 2.30. The number of rotatable bonds is 3. The van der Waals surface area contributed by atoms with Crippen molar-refractivity contribution in [3.05, 3.63) is 82.4 Å². The van der Waals surface area contributed by atoms with E-state index < -0.39 is 0 Å². The number of benzene rings is 2. The predicted molar refractivity (Wildman–Crippen MR) is 82.9 cm³/mol. The molecule has 0 N–H and O–H groups in total. The maximum absolute atomic E-state index is 12.7. The van der Waals surface area contributed by atoms with E-state index in [1.54, 1.807) is 30.3 Å². The molecule has 2 heteroatoms. The van der Waals surface area contributed by atoms with Gasteiger partial charge in [-0.25, -0.2) is 0 Å². The molecule has 0 radical (unpaired) electrons. The highest BCUT2D eigenvalue weighted by molar-refractivity contribution is 6.28. The SMILES string of the molecule is C=C(C)CCc1cccc2c1C(=O)c1ccccc1C2=O. The smallest absolute Gasteiger partial charge is 0.194 e. The summed E-state index contributed by atoms with van der Waals surface area (Å²) in [5.41, 5.74) is 4.12. The molecule has 0 atom stereocenters. The fraction of sp³-hybridized carbons (Fsp3) is 0.158. The lowest BCUT2D eigenvalue weighted by Gasteiger charge is -2.20. The molecule has 0 fully saturated rings. The fourth-order valence-corrected chi connectivity index (χ4v) is 2.77. The summed E-state index contributed by atoms with van der Waals surface area (Å²) < 4.78 is 0. The molecule has 3 rings (SSSR count). The van der Waals surface area contributed by atoms with Gasteiger partial charge in [-0.05, 0) is 25.3 Å². The molecule has 0 aliphatic heterocycles. The van der Waals surface area contributed by atoms with Crippen molar-refractivity contribution in [1.29, 1.82) is 0 Å². The molecule has 0 saturated heterocycles. The van der Waals surface area contributed by atoms with Crippen LogP contribution in [0.3, 0.4) is 0 Å². The zero-order valence-electron chi connectivity index (χ0n) is 12.0. The summed E-state index contributed by atoms with van der Waals surface area (Å²) in [4.78, 5) is 25.3. The monoisotopic (exact) mass is 276 g/mol. The number of aryl methyl sites for hydroxylation is 1. The number of carbonyl (C=O) groups is 2. The van der Waals surface area contributed by atoms with Crippen LogP contribution in [-0.2, 0) is 6.42 Å². The molecule has 0 amide bonds. The zero-order chi connectivity index (χ0) is 15.0. The molecule has 2 aromatic rings. The van der Waals surface area contributed by atoms with Crippen molar-refractivity contribution in [3.8, 4) is 0 Å². The van der Waals surface area contributed by atoms with Gasteiger partial charge in [0.25, 0.3) is 0 Å². The largest absolute Gasteiger partial charge is 0.289 e. The third-order valence-corrected chi connectivity index (χ3v) is 3.86. The molecule has 2 aromatic carbocycles. The van der Waals surface area contributed by atoms with Crippen LogP contribution in [0.1, 0.15) is 50.8 Å². The van der Waals surface area contributed by atoms with Crippen LogP contribution in [0.4, 0.5) is 0 Å². The van der Waals surface area contributed by atoms with Crippen LogP contribution in [0, 0.1) is 0 Å². The highest BCUT2D eigenvalue weighted by atomic mass is 16.1. The lowest BCUT2D eigenvalue weighted by atomic mass is 9.81. The van der Waals surface area contributed by atoms with Crippen molar-refractivity contribution >= 4 is 11.6 Å². The number of allylic oxidation sites excluding steroid dienone is 1. The van der Waals surface area contributed by atoms with Crippen molar-refractivity contribution < 1.29 is 9.59 Å². The Hall–Kier alpha value is -2.48. The maximum atomic E-state index is 12.7. The van der Waals surface area contributed by atoms with Crippen LogP contribution in [0.2, 0.25) is 0 Å². The molecule has 0 aromatic heterocycles. The van der Waals surface area contributed by atoms with Crippen molar-refractivity contribution in [2.75, 3.05) is 0 Å². The van der Waals surface area contributed by atoms with E-state index in [2.05, 4.69) is 6.58 Å². The average Bonchev–Trinajstić information content (AvgIpc) is 2.50. The van der Waals surface area contributed by atoms with Gasteiger partial charge < -0.3 is 0 Å². The van der Waals surface area contributed by atoms with Crippen LogP contribution in [0.15, 0.2) is 54.6 Å². The molecule has 1 aliphatic rings. The first kappa shape index (κ1) is 13.5. The lowest BCUT2D eigenvalue weighted by molar-refractivity contribution is 0.0978. The third-order valence-electron chi connectivity index (χ3n) is 3.86. The van der Waals surface area contributed by atoms with Gasteiger partial charge in [-0.3, -0.25) is 9.59 Å². The second kappa shape index (κ2) is 5.13. The molecular formula is C19H16O2. The number of hydrogen-bond donors (Lipinski definition) is 0. The molecule has 0 spiro atoms. The molecule has 0 heterocycles. The Bertz CT molecular complexity index is 769. The van der Waals surface area contributed by atoms with Gasteiger partial charge in [0.1, 0.15) is 0 Å². The van der Waals surface area contributed by atoms with E-state index in [4.69, 9.17) is 0 Å². The molecule has 0 unspecified atom stereocenters. The summed E-state index contributed by atoms with van der Waals surface area (Å²) in [6.07, 6.45) is 1.55. The minimum Gasteiger partial charge on any atom is -0.289 e. The summed E-state index contributed by atoms with van der Waals surface area (Å²) in [7, 11) is 0. The van der Waals surface area contributed by atoms with Gasteiger partial charge in [0, 0.05) is 22.3 Å². The highest BCUT2D eigenvalue weighted by Gasteiger charge is 2.30. The third kappa shape index (κ3) is 2.23. The standard InChI is InChI=1S/C19H16O2/c1-12(2)10-11-13-6-5-9-16-17(13)19(21)15-8-4-3-7-14(15)18(16)20/h3-9H,1,10-11H2,2H3. The van der Waals surface area contributed by atoms with Crippen LogP contribution < -0.4 is 0 Å². The van der Waals surface area contributed by atoms with Crippen LogP contribution >= 0.6 is 0 Å². The van der Waals surface area contributed by atoms with Crippen molar-refractivity contribution in [2.24, 2.45) is 0 Å². The van der Waals surface area contributed by atoms with E-state index in [1.165, 1.54) is 0 Å². The van der Waals surface area contributed by atoms with Gasteiger partial charge in [0.05, 0.1) is 0 Å². The Morgan fingerprint density at radius 3 is 2.19 bits per heavy atom.